The highest BCUT2D eigenvalue weighted by atomic mass is 19.4. The first kappa shape index (κ1) is 23.4. The van der Waals surface area contributed by atoms with Gasteiger partial charge in [-0.05, 0) is 38.8 Å². The number of amides is 1. The number of halogens is 4. The van der Waals surface area contributed by atoms with Crippen LogP contribution >= 0.6 is 0 Å². The molecule has 29 heavy (non-hydrogen) atoms. The maximum Gasteiger partial charge on any atom is 0.435 e. The topological polar surface area (TPSA) is 52.2 Å². The Morgan fingerprint density at radius 2 is 1.90 bits per heavy atom. The second kappa shape index (κ2) is 10.8. The van der Waals surface area contributed by atoms with Crippen LogP contribution in [0.15, 0.2) is 18.2 Å². The van der Waals surface area contributed by atoms with Crippen LogP contribution in [0.5, 0.6) is 0 Å². The molecule has 9 heteroatoms. The molecule has 0 bridgehead atoms. The van der Waals surface area contributed by atoms with E-state index >= 15 is 0 Å². The largest absolute Gasteiger partial charge is 0.435 e. The van der Waals surface area contributed by atoms with Gasteiger partial charge in [0.05, 0.1) is 0 Å². The van der Waals surface area contributed by atoms with Crippen molar-refractivity contribution < 1.29 is 22.4 Å². The SMILES string of the molecule is CCCN(CCC)CCN(CC1C=CCCC1F)C(=O)c1cc(C(F)(F)F)n[nH]1. The van der Waals surface area contributed by atoms with Crippen LogP contribution in [0, 0.1) is 5.92 Å². The molecule has 0 aliphatic heterocycles. The molecule has 0 fully saturated rings. The molecule has 1 aromatic heterocycles. The summed E-state index contributed by atoms with van der Waals surface area (Å²) in [6.07, 6.45) is 0.925. The van der Waals surface area contributed by atoms with Crippen LogP contribution in [0.2, 0.25) is 0 Å². The zero-order valence-corrected chi connectivity index (χ0v) is 17.0. The van der Waals surface area contributed by atoms with Gasteiger partial charge in [-0.3, -0.25) is 9.89 Å². The molecule has 1 aliphatic carbocycles. The lowest BCUT2D eigenvalue weighted by atomic mass is 9.93. The molecular formula is C20H30F4N4O. The van der Waals surface area contributed by atoms with Crippen molar-refractivity contribution in [1.29, 1.82) is 0 Å². The molecule has 1 amide bonds. The number of H-pyrrole nitrogens is 1. The fourth-order valence-corrected chi connectivity index (χ4v) is 3.54. The average Bonchev–Trinajstić information content (AvgIpc) is 3.17. The number of hydrogen-bond acceptors (Lipinski definition) is 3. The fraction of sp³-hybridized carbons (Fsp3) is 0.700. The summed E-state index contributed by atoms with van der Waals surface area (Å²) in [6, 6.07) is 0.717. The predicted octanol–water partition coefficient (Wildman–Crippen LogP) is 4.30. The van der Waals surface area contributed by atoms with E-state index in [1.807, 2.05) is 6.08 Å². The number of carbonyl (C=O) groups is 1. The molecule has 0 saturated heterocycles. The zero-order chi connectivity index (χ0) is 21.4. The Hall–Kier alpha value is -1.90. The van der Waals surface area contributed by atoms with Crippen LogP contribution < -0.4 is 0 Å². The van der Waals surface area contributed by atoms with Crippen molar-refractivity contribution >= 4 is 5.91 Å². The average molecular weight is 418 g/mol. The van der Waals surface area contributed by atoms with E-state index in [1.165, 1.54) is 4.90 Å². The molecule has 0 saturated carbocycles. The predicted molar refractivity (Wildman–Crippen MR) is 103 cm³/mol. The van der Waals surface area contributed by atoms with Gasteiger partial charge in [0.25, 0.3) is 5.91 Å². The number of hydrogen-bond donors (Lipinski definition) is 1. The van der Waals surface area contributed by atoms with E-state index in [0.717, 1.165) is 32.0 Å². The first-order valence-electron chi connectivity index (χ1n) is 10.2. The van der Waals surface area contributed by atoms with Gasteiger partial charge in [0.15, 0.2) is 5.69 Å². The van der Waals surface area contributed by atoms with Crippen molar-refractivity contribution in [2.45, 2.75) is 51.9 Å². The Morgan fingerprint density at radius 3 is 2.45 bits per heavy atom. The highest BCUT2D eigenvalue weighted by Gasteiger charge is 2.35. The van der Waals surface area contributed by atoms with Crippen molar-refractivity contribution in [2.75, 3.05) is 32.7 Å². The van der Waals surface area contributed by atoms with Crippen LogP contribution in [0.3, 0.4) is 0 Å². The lowest BCUT2D eigenvalue weighted by molar-refractivity contribution is -0.141. The minimum atomic E-state index is -4.63. The summed E-state index contributed by atoms with van der Waals surface area (Å²) in [6.45, 7) is 6.89. The van der Waals surface area contributed by atoms with E-state index in [1.54, 1.807) is 6.08 Å². The fourth-order valence-electron chi connectivity index (χ4n) is 3.54. The van der Waals surface area contributed by atoms with Crippen LogP contribution in [-0.4, -0.2) is 64.8 Å². The van der Waals surface area contributed by atoms with Gasteiger partial charge < -0.3 is 9.80 Å². The minimum Gasteiger partial charge on any atom is -0.335 e. The third-order valence-electron chi connectivity index (χ3n) is 5.04. The number of allylic oxidation sites excluding steroid dienone is 1. The normalized spacial score (nSPS) is 19.7. The summed E-state index contributed by atoms with van der Waals surface area (Å²) in [7, 11) is 0. The van der Waals surface area contributed by atoms with E-state index in [0.29, 0.717) is 25.9 Å². The molecule has 0 aromatic carbocycles. The molecule has 2 unspecified atom stereocenters. The summed E-state index contributed by atoms with van der Waals surface area (Å²) >= 11 is 0. The van der Waals surface area contributed by atoms with Crippen LogP contribution in [-0.2, 0) is 6.18 Å². The molecule has 1 aliphatic rings. The standard InChI is InChI=1S/C20H30F4N4O/c1-3-9-27(10-4-2)11-12-28(14-15-7-5-6-8-16(15)21)19(29)17-13-18(26-25-17)20(22,23)24/h5,7,13,15-16H,3-4,6,8-12,14H2,1-2H3,(H,25,26). The number of aromatic amines is 1. The third-order valence-corrected chi connectivity index (χ3v) is 5.04. The van der Waals surface area contributed by atoms with E-state index in [-0.39, 0.29) is 12.2 Å². The van der Waals surface area contributed by atoms with Gasteiger partial charge in [0, 0.05) is 31.6 Å². The summed E-state index contributed by atoms with van der Waals surface area (Å²) in [5, 5.41) is 5.40. The van der Waals surface area contributed by atoms with Gasteiger partial charge in [-0.1, -0.05) is 26.0 Å². The van der Waals surface area contributed by atoms with Gasteiger partial charge in [0.2, 0.25) is 0 Å². The van der Waals surface area contributed by atoms with E-state index < -0.39 is 29.9 Å². The van der Waals surface area contributed by atoms with Gasteiger partial charge in [0.1, 0.15) is 11.9 Å². The molecule has 1 aromatic rings. The molecule has 1 N–H and O–H groups in total. The highest BCUT2D eigenvalue weighted by Crippen LogP contribution is 2.28. The first-order chi connectivity index (χ1) is 13.8. The summed E-state index contributed by atoms with van der Waals surface area (Å²) in [5.74, 6) is -1.05. The summed E-state index contributed by atoms with van der Waals surface area (Å²) in [5.41, 5.74) is -1.37. The van der Waals surface area contributed by atoms with Crippen LogP contribution in [0.4, 0.5) is 17.6 Å². The third kappa shape index (κ3) is 6.83. The number of carbonyl (C=O) groups excluding carboxylic acids is 1. The number of nitrogens with zero attached hydrogens (tertiary/aromatic N) is 3. The smallest absolute Gasteiger partial charge is 0.335 e. The zero-order valence-electron chi connectivity index (χ0n) is 17.0. The monoisotopic (exact) mass is 418 g/mol. The van der Waals surface area contributed by atoms with Gasteiger partial charge in [-0.2, -0.15) is 18.3 Å². The molecule has 164 valence electrons. The van der Waals surface area contributed by atoms with Crippen molar-refractivity contribution in [3.8, 4) is 0 Å². The Bertz CT molecular complexity index is 668. The molecule has 2 atom stereocenters. The lowest BCUT2D eigenvalue weighted by Gasteiger charge is -2.31. The lowest BCUT2D eigenvalue weighted by Crippen LogP contribution is -2.43. The van der Waals surface area contributed by atoms with Crippen molar-refractivity contribution in [1.82, 2.24) is 20.0 Å². The quantitative estimate of drug-likeness (QED) is 0.455. The molecule has 0 radical (unpaired) electrons. The van der Waals surface area contributed by atoms with E-state index in [9.17, 15) is 22.4 Å². The molecule has 2 rings (SSSR count). The second-order valence-electron chi connectivity index (χ2n) is 7.44. The number of rotatable bonds is 10. The Kier molecular flexibility index (Phi) is 8.67. The Balaban J connectivity index is 2.16. The first-order valence-corrected chi connectivity index (χ1v) is 10.2. The van der Waals surface area contributed by atoms with Crippen LogP contribution in [0.1, 0.15) is 55.7 Å². The highest BCUT2D eigenvalue weighted by molar-refractivity contribution is 5.92. The maximum atomic E-state index is 14.3. The van der Waals surface area contributed by atoms with Crippen molar-refractivity contribution in [3.63, 3.8) is 0 Å². The molecule has 5 nitrogen and oxygen atoms in total. The van der Waals surface area contributed by atoms with Crippen molar-refractivity contribution in [3.05, 3.63) is 29.6 Å². The number of aromatic nitrogens is 2. The van der Waals surface area contributed by atoms with E-state index in [2.05, 4.69) is 28.9 Å². The Labute approximate surface area is 169 Å². The van der Waals surface area contributed by atoms with Crippen LogP contribution in [0.25, 0.3) is 0 Å². The summed E-state index contributed by atoms with van der Waals surface area (Å²) < 4.78 is 52.8. The number of nitrogens with one attached hydrogen (secondary N) is 1. The number of alkyl halides is 4. The van der Waals surface area contributed by atoms with Crippen molar-refractivity contribution in [2.24, 2.45) is 5.92 Å². The molecular weight excluding hydrogens is 388 g/mol. The maximum absolute atomic E-state index is 14.3. The molecule has 1 heterocycles. The minimum absolute atomic E-state index is 0.128. The van der Waals surface area contributed by atoms with Gasteiger partial charge in [-0.15, -0.1) is 0 Å². The Morgan fingerprint density at radius 1 is 1.21 bits per heavy atom. The van der Waals surface area contributed by atoms with E-state index in [4.69, 9.17) is 0 Å². The van der Waals surface area contributed by atoms with Gasteiger partial charge >= 0.3 is 6.18 Å². The molecule has 0 spiro atoms. The van der Waals surface area contributed by atoms with Gasteiger partial charge in [-0.25, -0.2) is 4.39 Å². The summed E-state index contributed by atoms with van der Waals surface area (Å²) in [4.78, 5) is 16.6. The second-order valence-corrected chi connectivity index (χ2v) is 7.44.